The van der Waals surface area contributed by atoms with Crippen molar-refractivity contribution >= 4 is 0 Å². The number of nitrogens with zero attached hydrogens (tertiary/aromatic N) is 1. The summed E-state index contributed by atoms with van der Waals surface area (Å²) in [6.07, 6.45) is 1.58. The minimum atomic E-state index is -0.205. The van der Waals surface area contributed by atoms with E-state index < -0.39 is 0 Å². The van der Waals surface area contributed by atoms with Crippen LogP contribution in [0.5, 0.6) is 0 Å². The zero-order valence-electron chi connectivity index (χ0n) is 9.28. The zero-order chi connectivity index (χ0) is 11.3. The second-order valence-electron chi connectivity index (χ2n) is 3.90. The average molecular weight is 211 g/mol. The van der Waals surface area contributed by atoms with Crippen LogP contribution in [0.2, 0.25) is 0 Å². The van der Waals surface area contributed by atoms with E-state index in [9.17, 15) is 4.39 Å². The molecule has 84 valence electrons. The Bertz CT molecular complexity index is 301. The summed E-state index contributed by atoms with van der Waals surface area (Å²) < 4.78 is 13.0. The van der Waals surface area contributed by atoms with Gasteiger partial charge in [0, 0.05) is 12.6 Å². The molecule has 3 heteroatoms. The summed E-state index contributed by atoms with van der Waals surface area (Å²) in [6.45, 7) is 0.180. The van der Waals surface area contributed by atoms with Crippen molar-refractivity contribution < 1.29 is 9.50 Å². The molecule has 1 atom stereocenters. The summed E-state index contributed by atoms with van der Waals surface area (Å²) in [5, 5.41) is 8.81. The van der Waals surface area contributed by atoms with Crippen molar-refractivity contribution in [1.82, 2.24) is 4.90 Å². The first-order valence-electron chi connectivity index (χ1n) is 5.18. The van der Waals surface area contributed by atoms with E-state index in [1.54, 1.807) is 12.1 Å². The molecule has 0 aliphatic carbocycles. The number of rotatable bonds is 5. The SMILES string of the molecule is CN(C)C(CCCO)c1cccc(F)c1. The maximum Gasteiger partial charge on any atom is 0.123 e. The Morgan fingerprint density at radius 2 is 2.13 bits per heavy atom. The fourth-order valence-corrected chi connectivity index (χ4v) is 1.72. The molecule has 0 aliphatic rings. The second kappa shape index (κ2) is 5.83. The van der Waals surface area contributed by atoms with Crippen LogP contribution in [0.15, 0.2) is 24.3 Å². The van der Waals surface area contributed by atoms with Gasteiger partial charge in [-0.15, -0.1) is 0 Å². The van der Waals surface area contributed by atoms with Crippen LogP contribution in [0.4, 0.5) is 4.39 Å². The number of benzene rings is 1. The van der Waals surface area contributed by atoms with Crippen molar-refractivity contribution in [1.29, 1.82) is 0 Å². The van der Waals surface area contributed by atoms with Crippen LogP contribution in [-0.2, 0) is 0 Å². The normalized spacial score (nSPS) is 13.1. The highest BCUT2D eigenvalue weighted by atomic mass is 19.1. The molecular weight excluding hydrogens is 193 g/mol. The summed E-state index contributed by atoms with van der Waals surface area (Å²) in [6, 6.07) is 6.82. The number of halogens is 1. The molecule has 15 heavy (non-hydrogen) atoms. The van der Waals surface area contributed by atoms with Gasteiger partial charge in [-0.3, -0.25) is 0 Å². The summed E-state index contributed by atoms with van der Waals surface area (Å²) >= 11 is 0. The van der Waals surface area contributed by atoms with Crippen LogP contribution in [0, 0.1) is 5.82 Å². The molecule has 0 saturated carbocycles. The first-order valence-corrected chi connectivity index (χ1v) is 5.18. The highest BCUT2D eigenvalue weighted by Gasteiger charge is 2.13. The van der Waals surface area contributed by atoms with Crippen LogP contribution in [-0.4, -0.2) is 30.7 Å². The first-order chi connectivity index (χ1) is 7.15. The lowest BCUT2D eigenvalue weighted by Gasteiger charge is -2.24. The van der Waals surface area contributed by atoms with E-state index >= 15 is 0 Å². The van der Waals surface area contributed by atoms with E-state index in [1.807, 2.05) is 25.1 Å². The van der Waals surface area contributed by atoms with Crippen LogP contribution in [0.25, 0.3) is 0 Å². The number of aliphatic hydroxyl groups excluding tert-OH is 1. The molecule has 0 saturated heterocycles. The molecule has 0 aromatic heterocycles. The third-order valence-electron chi connectivity index (χ3n) is 2.49. The molecule has 0 aliphatic heterocycles. The molecule has 1 aromatic rings. The van der Waals surface area contributed by atoms with Crippen molar-refractivity contribution in [2.75, 3.05) is 20.7 Å². The lowest BCUT2D eigenvalue weighted by molar-refractivity contribution is 0.235. The largest absolute Gasteiger partial charge is 0.396 e. The van der Waals surface area contributed by atoms with Crippen molar-refractivity contribution in [3.05, 3.63) is 35.6 Å². The van der Waals surface area contributed by atoms with Gasteiger partial charge < -0.3 is 10.0 Å². The van der Waals surface area contributed by atoms with E-state index in [2.05, 4.69) is 0 Å². The monoisotopic (exact) mass is 211 g/mol. The first kappa shape index (κ1) is 12.1. The van der Waals surface area contributed by atoms with E-state index in [4.69, 9.17) is 5.11 Å². The Balaban J connectivity index is 2.79. The quantitative estimate of drug-likeness (QED) is 0.807. The molecule has 0 bridgehead atoms. The standard InChI is InChI=1S/C12H18FNO/c1-14(2)12(7-4-8-15)10-5-3-6-11(13)9-10/h3,5-6,9,12,15H,4,7-8H2,1-2H3. The van der Waals surface area contributed by atoms with E-state index in [1.165, 1.54) is 6.07 Å². The predicted octanol–water partition coefficient (Wildman–Crippen LogP) is 2.20. The van der Waals surface area contributed by atoms with Gasteiger partial charge in [0.25, 0.3) is 0 Å². The molecule has 0 heterocycles. The van der Waals surface area contributed by atoms with Crippen molar-refractivity contribution in [3.8, 4) is 0 Å². The van der Waals surface area contributed by atoms with E-state index in [0.717, 1.165) is 18.4 Å². The molecule has 0 spiro atoms. The molecule has 1 unspecified atom stereocenters. The molecular formula is C12H18FNO. The number of hydrogen-bond acceptors (Lipinski definition) is 2. The molecule has 0 radical (unpaired) electrons. The van der Waals surface area contributed by atoms with Gasteiger partial charge in [0.1, 0.15) is 5.82 Å². The predicted molar refractivity (Wildman–Crippen MR) is 59.1 cm³/mol. The Labute approximate surface area is 90.3 Å². The molecule has 1 aromatic carbocycles. The summed E-state index contributed by atoms with van der Waals surface area (Å²) in [5.74, 6) is -0.205. The maximum absolute atomic E-state index is 13.0. The van der Waals surface area contributed by atoms with Crippen LogP contribution in [0.3, 0.4) is 0 Å². The minimum Gasteiger partial charge on any atom is -0.396 e. The fraction of sp³-hybridized carbons (Fsp3) is 0.500. The Kier molecular flexibility index (Phi) is 4.72. The topological polar surface area (TPSA) is 23.5 Å². The van der Waals surface area contributed by atoms with Gasteiger partial charge in [0.15, 0.2) is 0 Å². The number of hydrogen-bond donors (Lipinski definition) is 1. The van der Waals surface area contributed by atoms with Crippen LogP contribution >= 0.6 is 0 Å². The van der Waals surface area contributed by atoms with Gasteiger partial charge in [0.05, 0.1) is 0 Å². The lowest BCUT2D eigenvalue weighted by atomic mass is 10.0. The summed E-state index contributed by atoms with van der Waals surface area (Å²) in [4.78, 5) is 2.05. The van der Waals surface area contributed by atoms with Gasteiger partial charge in [-0.1, -0.05) is 12.1 Å². The highest BCUT2D eigenvalue weighted by molar-refractivity contribution is 5.20. The average Bonchev–Trinajstić information content (AvgIpc) is 2.18. The summed E-state index contributed by atoms with van der Waals surface area (Å²) in [5.41, 5.74) is 0.966. The molecule has 1 N–H and O–H groups in total. The zero-order valence-corrected chi connectivity index (χ0v) is 9.28. The van der Waals surface area contributed by atoms with Crippen LogP contribution in [0.1, 0.15) is 24.4 Å². The molecule has 1 rings (SSSR count). The number of aliphatic hydroxyl groups is 1. The summed E-state index contributed by atoms with van der Waals surface area (Å²) in [7, 11) is 3.93. The highest BCUT2D eigenvalue weighted by Crippen LogP contribution is 2.23. The smallest absolute Gasteiger partial charge is 0.123 e. The van der Waals surface area contributed by atoms with Gasteiger partial charge in [-0.05, 0) is 44.6 Å². The van der Waals surface area contributed by atoms with E-state index in [0.29, 0.717) is 0 Å². The van der Waals surface area contributed by atoms with Gasteiger partial charge >= 0.3 is 0 Å². The molecule has 0 fully saturated rings. The van der Waals surface area contributed by atoms with Gasteiger partial charge in [-0.2, -0.15) is 0 Å². The van der Waals surface area contributed by atoms with Gasteiger partial charge in [-0.25, -0.2) is 4.39 Å². The Morgan fingerprint density at radius 3 is 2.67 bits per heavy atom. The molecule has 2 nitrogen and oxygen atoms in total. The molecule has 0 amide bonds. The third kappa shape index (κ3) is 3.61. The van der Waals surface area contributed by atoms with Crippen molar-refractivity contribution in [3.63, 3.8) is 0 Å². The lowest BCUT2D eigenvalue weighted by Crippen LogP contribution is -2.20. The Hall–Kier alpha value is -0.930. The second-order valence-corrected chi connectivity index (χ2v) is 3.90. The van der Waals surface area contributed by atoms with E-state index in [-0.39, 0.29) is 18.5 Å². The van der Waals surface area contributed by atoms with Gasteiger partial charge in [0.2, 0.25) is 0 Å². The fourth-order valence-electron chi connectivity index (χ4n) is 1.72. The van der Waals surface area contributed by atoms with Crippen molar-refractivity contribution in [2.24, 2.45) is 0 Å². The third-order valence-corrected chi connectivity index (χ3v) is 2.49. The Morgan fingerprint density at radius 1 is 1.40 bits per heavy atom. The van der Waals surface area contributed by atoms with Crippen LogP contribution < -0.4 is 0 Å². The van der Waals surface area contributed by atoms with Crippen molar-refractivity contribution in [2.45, 2.75) is 18.9 Å². The maximum atomic E-state index is 13.0. The minimum absolute atomic E-state index is 0.174.